The first-order valence-corrected chi connectivity index (χ1v) is 6.35. The van der Waals surface area contributed by atoms with Crippen LogP contribution < -0.4 is 0 Å². The van der Waals surface area contributed by atoms with E-state index in [-0.39, 0.29) is 0 Å². The van der Waals surface area contributed by atoms with Gasteiger partial charge in [0, 0.05) is 6.42 Å². The van der Waals surface area contributed by atoms with E-state index in [0.29, 0.717) is 4.95 Å². The summed E-state index contributed by atoms with van der Waals surface area (Å²) in [7, 11) is 6.72. The number of hydrogen-bond donors (Lipinski definition) is 0. The van der Waals surface area contributed by atoms with E-state index in [1.165, 1.54) is 38.5 Å². The fourth-order valence-electron chi connectivity index (χ4n) is 1.30. The third kappa shape index (κ3) is 7.51. The summed E-state index contributed by atoms with van der Waals surface area (Å²) in [6.07, 6.45) is 8.21. The summed E-state index contributed by atoms with van der Waals surface area (Å²) in [6, 6.07) is 0. The molecule has 13 heavy (non-hydrogen) atoms. The highest BCUT2D eigenvalue weighted by atomic mass is 79.9. The van der Waals surface area contributed by atoms with Gasteiger partial charge < -0.3 is 4.48 Å². The number of unbranched alkanes of at least 4 members (excludes halogenated alkanes) is 4. The molecule has 0 amide bonds. The Hall–Kier alpha value is 0.440. The van der Waals surface area contributed by atoms with E-state index in [9.17, 15) is 0 Å². The van der Waals surface area contributed by atoms with E-state index in [4.69, 9.17) is 0 Å². The SMILES string of the molecule is CCCCCCCC(Br)[N+](C)(C)C. The summed E-state index contributed by atoms with van der Waals surface area (Å²) in [5.74, 6) is 0. The van der Waals surface area contributed by atoms with Crippen molar-refractivity contribution in [3.05, 3.63) is 0 Å². The molecule has 0 aliphatic heterocycles. The normalized spacial score (nSPS) is 14.5. The molecule has 0 aromatic rings. The number of hydrogen-bond acceptors (Lipinski definition) is 0. The molecule has 0 bridgehead atoms. The smallest absolute Gasteiger partial charge is 0.143 e. The molecule has 0 aliphatic carbocycles. The Balaban J connectivity index is 3.32. The molecule has 0 radical (unpaired) electrons. The van der Waals surface area contributed by atoms with Gasteiger partial charge in [0.05, 0.1) is 21.1 Å². The van der Waals surface area contributed by atoms with Crippen molar-refractivity contribution in [2.75, 3.05) is 21.1 Å². The van der Waals surface area contributed by atoms with Gasteiger partial charge in [0.1, 0.15) is 4.95 Å². The minimum absolute atomic E-state index is 0.620. The van der Waals surface area contributed by atoms with Crippen LogP contribution in [0.25, 0.3) is 0 Å². The maximum Gasteiger partial charge on any atom is 0.143 e. The van der Waals surface area contributed by atoms with E-state index in [1.54, 1.807) is 0 Å². The minimum atomic E-state index is 0.620. The number of quaternary nitrogens is 1. The zero-order valence-corrected chi connectivity index (χ0v) is 11.2. The molecule has 0 aromatic carbocycles. The van der Waals surface area contributed by atoms with Crippen molar-refractivity contribution in [1.29, 1.82) is 0 Å². The van der Waals surface area contributed by atoms with Gasteiger partial charge >= 0.3 is 0 Å². The summed E-state index contributed by atoms with van der Waals surface area (Å²) in [4.78, 5) is 0.620. The number of rotatable bonds is 7. The van der Waals surface area contributed by atoms with Gasteiger partial charge in [0.2, 0.25) is 0 Å². The minimum Gasteiger partial charge on any atom is -0.320 e. The van der Waals surface area contributed by atoms with Crippen LogP contribution in [0, 0.1) is 0 Å². The zero-order valence-electron chi connectivity index (χ0n) is 9.65. The van der Waals surface area contributed by atoms with Crippen molar-refractivity contribution in [3.63, 3.8) is 0 Å². The molecule has 1 unspecified atom stereocenters. The van der Waals surface area contributed by atoms with Crippen LogP contribution in [-0.4, -0.2) is 30.6 Å². The number of alkyl halides is 1. The van der Waals surface area contributed by atoms with Crippen molar-refractivity contribution in [2.24, 2.45) is 0 Å². The van der Waals surface area contributed by atoms with Crippen LogP contribution in [0.5, 0.6) is 0 Å². The highest BCUT2D eigenvalue weighted by Gasteiger charge is 2.18. The molecule has 0 spiro atoms. The number of halogens is 1. The molecule has 80 valence electrons. The van der Waals surface area contributed by atoms with Gasteiger partial charge in [-0.3, -0.25) is 0 Å². The van der Waals surface area contributed by atoms with Crippen molar-refractivity contribution in [2.45, 2.75) is 50.4 Å². The first-order chi connectivity index (χ1) is 5.98. The van der Waals surface area contributed by atoms with Crippen molar-refractivity contribution >= 4 is 15.9 Å². The summed E-state index contributed by atoms with van der Waals surface area (Å²) in [6.45, 7) is 2.26. The lowest BCUT2D eigenvalue weighted by molar-refractivity contribution is -0.879. The summed E-state index contributed by atoms with van der Waals surface area (Å²) in [5.41, 5.74) is 0. The van der Waals surface area contributed by atoms with E-state index in [1.807, 2.05) is 0 Å². The first kappa shape index (κ1) is 13.4. The highest BCUT2D eigenvalue weighted by Crippen LogP contribution is 2.18. The van der Waals surface area contributed by atoms with Gasteiger partial charge in [-0.2, -0.15) is 0 Å². The largest absolute Gasteiger partial charge is 0.320 e. The average Bonchev–Trinajstić information content (AvgIpc) is 2.02. The molecule has 1 nitrogen and oxygen atoms in total. The molecule has 0 N–H and O–H groups in total. The van der Waals surface area contributed by atoms with E-state index in [2.05, 4.69) is 44.0 Å². The lowest BCUT2D eigenvalue weighted by Gasteiger charge is -2.30. The van der Waals surface area contributed by atoms with Crippen LogP contribution in [0.2, 0.25) is 0 Å². The maximum atomic E-state index is 3.74. The second-order valence-corrected chi connectivity index (χ2v) is 5.81. The van der Waals surface area contributed by atoms with Crippen LogP contribution in [0.3, 0.4) is 0 Å². The van der Waals surface area contributed by atoms with Gasteiger partial charge in [-0.1, -0.05) is 32.6 Å². The second kappa shape index (κ2) is 6.83. The second-order valence-electron chi connectivity index (χ2n) is 4.75. The molecule has 0 saturated carbocycles. The monoisotopic (exact) mass is 250 g/mol. The van der Waals surface area contributed by atoms with Gasteiger partial charge in [0.15, 0.2) is 0 Å². The highest BCUT2D eigenvalue weighted by molar-refractivity contribution is 9.09. The Labute approximate surface area is 92.2 Å². The van der Waals surface area contributed by atoms with Crippen LogP contribution in [0.15, 0.2) is 0 Å². The maximum absolute atomic E-state index is 3.74. The Morgan fingerprint density at radius 1 is 1.00 bits per heavy atom. The molecule has 2 heteroatoms. The lowest BCUT2D eigenvalue weighted by Crippen LogP contribution is -2.41. The Kier molecular flexibility index (Phi) is 7.06. The van der Waals surface area contributed by atoms with Gasteiger partial charge in [0.25, 0.3) is 0 Å². The zero-order chi connectivity index (χ0) is 10.3. The standard InChI is InChI=1S/C11H25BrN/c1-5-6-7-8-9-10-11(12)13(2,3)4/h11H,5-10H2,1-4H3/q+1. The molecule has 0 rings (SSSR count). The molecule has 0 heterocycles. The third-order valence-corrected chi connectivity index (χ3v) is 4.07. The molecule has 0 aliphatic rings. The van der Waals surface area contributed by atoms with Gasteiger partial charge in [-0.25, -0.2) is 0 Å². The number of nitrogens with zero attached hydrogens (tertiary/aromatic N) is 1. The van der Waals surface area contributed by atoms with E-state index < -0.39 is 0 Å². The van der Waals surface area contributed by atoms with E-state index in [0.717, 1.165) is 4.48 Å². The van der Waals surface area contributed by atoms with E-state index >= 15 is 0 Å². The van der Waals surface area contributed by atoms with Gasteiger partial charge in [-0.15, -0.1) is 0 Å². The molecule has 0 fully saturated rings. The molecular weight excluding hydrogens is 226 g/mol. The summed E-state index contributed by atoms with van der Waals surface area (Å²) < 4.78 is 1.02. The van der Waals surface area contributed by atoms with Crippen LogP contribution in [0.4, 0.5) is 0 Å². The van der Waals surface area contributed by atoms with Crippen molar-refractivity contribution < 1.29 is 4.48 Å². The first-order valence-electron chi connectivity index (χ1n) is 5.43. The Morgan fingerprint density at radius 3 is 2.00 bits per heavy atom. The van der Waals surface area contributed by atoms with Crippen LogP contribution in [-0.2, 0) is 0 Å². The average molecular weight is 251 g/mol. The van der Waals surface area contributed by atoms with Crippen molar-refractivity contribution in [1.82, 2.24) is 0 Å². The van der Waals surface area contributed by atoms with Gasteiger partial charge in [-0.05, 0) is 22.4 Å². The fourth-order valence-corrected chi connectivity index (χ4v) is 1.63. The summed E-state index contributed by atoms with van der Waals surface area (Å²) >= 11 is 3.74. The molecule has 1 atom stereocenters. The predicted molar refractivity (Wildman–Crippen MR) is 64.1 cm³/mol. The fraction of sp³-hybridized carbons (Fsp3) is 1.00. The molecule has 0 aromatic heterocycles. The van der Waals surface area contributed by atoms with Crippen molar-refractivity contribution in [3.8, 4) is 0 Å². The lowest BCUT2D eigenvalue weighted by atomic mass is 10.1. The Bertz CT molecular complexity index is 118. The third-order valence-electron chi connectivity index (χ3n) is 2.39. The summed E-state index contributed by atoms with van der Waals surface area (Å²) in [5, 5.41) is 0. The topological polar surface area (TPSA) is 0 Å². The quantitative estimate of drug-likeness (QED) is 0.279. The Morgan fingerprint density at radius 2 is 1.54 bits per heavy atom. The molecule has 0 saturated heterocycles. The van der Waals surface area contributed by atoms with Crippen LogP contribution >= 0.6 is 15.9 Å². The molecular formula is C11H25BrN+. The predicted octanol–water partition coefficient (Wildman–Crippen LogP) is 3.77. The van der Waals surface area contributed by atoms with Crippen LogP contribution in [0.1, 0.15) is 45.4 Å².